The molecule has 7 nitrogen and oxygen atoms in total. The van der Waals surface area contributed by atoms with Gasteiger partial charge in [0.15, 0.2) is 10.3 Å². The van der Waals surface area contributed by atoms with Crippen molar-refractivity contribution in [1.82, 2.24) is 10.4 Å². The van der Waals surface area contributed by atoms with Crippen LogP contribution in [0.1, 0.15) is 4.88 Å². The van der Waals surface area contributed by atoms with Crippen LogP contribution in [0.5, 0.6) is 5.75 Å². The number of carbonyl (C=O) groups is 1. The number of anilines is 3. The van der Waals surface area contributed by atoms with Gasteiger partial charge in [0.1, 0.15) is 5.75 Å². The molecule has 0 bridgehead atoms. The summed E-state index contributed by atoms with van der Waals surface area (Å²) < 4.78 is 5.09. The van der Waals surface area contributed by atoms with E-state index in [1.165, 1.54) is 17.6 Å². The fourth-order valence-electron chi connectivity index (χ4n) is 2.19. The monoisotopic (exact) mass is 415 g/mol. The molecule has 0 aliphatic rings. The Labute approximate surface area is 171 Å². The first-order valence-corrected chi connectivity index (χ1v) is 9.52. The number of ether oxygens (including phenoxy) is 1. The number of hydrogen-bond donors (Lipinski definition) is 3. The SMILES string of the molecule is COc1ccc(NCC(=O)N/N=C/c2sc(Nc3ccccc3)nc2Cl)cc1. The van der Waals surface area contributed by atoms with Gasteiger partial charge in [-0.15, -0.1) is 0 Å². The van der Waals surface area contributed by atoms with Crippen molar-refractivity contribution in [3.63, 3.8) is 0 Å². The Morgan fingerprint density at radius 2 is 1.93 bits per heavy atom. The number of nitrogens with one attached hydrogen (secondary N) is 3. The van der Waals surface area contributed by atoms with Crippen molar-refractivity contribution < 1.29 is 9.53 Å². The molecule has 3 N–H and O–H groups in total. The van der Waals surface area contributed by atoms with E-state index in [0.29, 0.717) is 15.2 Å². The number of amides is 1. The molecule has 0 fully saturated rings. The van der Waals surface area contributed by atoms with Gasteiger partial charge in [0.05, 0.1) is 24.7 Å². The van der Waals surface area contributed by atoms with Crippen LogP contribution in [0.3, 0.4) is 0 Å². The van der Waals surface area contributed by atoms with E-state index in [-0.39, 0.29) is 12.5 Å². The molecule has 0 aliphatic carbocycles. The lowest BCUT2D eigenvalue weighted by atomic mass is 10.3. The number of hydrogen-bond acceptors (Lipinski definition) is 7. The maximum absolute atomic E-state index is 11.9. The Bertz CT molecular complexity index is 945. The minimum Gasteiger partial charge on any atom is -0.497 e. The summed E-state index contributed by atoms with van der Waals surface area (Å²) in [6, 6.07) is 16.9. The molecule has 9 heteroatoms. The van der Waals surface area contributed by atoms with E-state index < -0.39 is 0 Å². The standard InChI is InChI=1S/C19H18ClN5O2S/c1-27-15-9-7-13(8-10-15)21-12-17(26)25-22-11-16-18(20)24-19(28-16)23-14-5-3-2-4-6-14/h2-11,21H,12H2,1H3,(H,23,24)(H,25,26)/b22-11+. The lowest BCUT2D eigenvalue weighted by Gasteiger charge is -2.06. The normalized spacial score (nSPS) is 10.6. The number of aromatic nitrogens is 1. The molecule has 3 aromatic rings. The van der Waals surface area contributed by atoms with E-state index in [1.807, 2.05) is 54.6 Å². The Balaban J connectivity index is 1.49. The molecule has 0 atom stereocenters. The lowest BCUT2D eigenvalue weighted by molar-refractivity contribution is -0.119. The molecule has 0 unspecified atom stereocenters. The Kier molecular flexibility index (Phi) is 6.83. The van der Waals surface area contributed by atoms with Crippen LogP contribution in [0.4, 0.5) is 16.5 Å². The molecule has 0 saturated carbocycles. The molecule has 3 rings (SSSR count). The van der Waals surface area contributed by atoms with Crippen LogP contribution in [0, 0.1) is 0 Å². The van der Waals surface area contributed by atoms with E-state index >= 15 is 0 Å². The number of benzene rings is 2. The highest BCUT2D eigenvalue weighted by Crippen LogP contribution is 2.27. The van der Waals surface area contributed by atoms with Gasteiger partial charge >= 0.3 is 0 Å². The molecule has 0 saturated heterocycles. The van der Waals surface area contributed by atoms with E-state index in [1.54, 1.807) is 7.11 Å². The molecule has 0 aliphatic heterocycles. The fraction of sp³-hybridized carbons (Fsp3) is 0.105. The summed E-state index contributed by atoms with van der Waals surface area (Å²) in [6.07, 6.45) is 1.47. The number of hydrazone groups is 1. The van der Waals surface area contributed by atoms with Gasteiger partial charge in [-0.1, -0.05) is 41.1 Å². The minimum absolute atomic E-state index is 0.0842. The number of carbonyl (C=O) groups excluding carboxylic acids is 1. The summed E-state index contributed by atoms with van der Waals surface area (Å²) in [7, 11) is 1.60. The van der Waals surface area contributed by atoms with Crippen molar-refractivity contribution in [2.45, 2.75) is 0 Å². The first-order valence-electron chi connectivity index (χ1n) is 8.32. The van der Waals surface area contributed by atoms with Gasteiger partial charge in [-0.25, -0.2) is 10.4 Å². The van der Waals surface area contributed by atoms with Crippen LogP contribution in [0.2, 0.25) is 5.15 Å². The molecule has 1 amide bonds. The minimum atomic E-state index is -0.282. The summed E-state index contributed by atoms with van der Waals surface area (Å²) in [4.78, 5) is 16.8. The van der Waals surface area contributed by atoms with Crippen molar-refractivity contribution in [1.29, 1.82) is 0 Å². The van der Waals surface area contributed by atoms with Gasteiger partial charge in [0, 0.05) is 11.4 Å². The fourth-order valence-corrected chi connectivity index (χ4v) is 3.23. The van der Waals surface area contributed by atoms with Gasteiger partial charge in [0.2, 0.25) is 0 Å². The van der Waals surface area contributed by atoms with Crippen molar-refractivity contribution in [2.24, 2.45) is 5.10 Å². The third-order valence-corrected chi connectivity index (χ3v) is 4.85. The molecule has 0 spiro atoms. The predicted octanol–water partition coefficient (Wildman–Crippen LogP) is 4.11. The maximum Gasteiger partial charge on any atom is 0.259 e. The van der Waals surface area contributed by atoms with E-state index in [0.717, 1.165) is 17.1 Å². The average molecular weight is 416 g/mol. The number of nitrogens with zero attached hydrogens (tertiary/aromatic N) is 2. The quantitative estimate of drug-likeness (QED) is 0.380. The highest BCUT2D eigenvalue weighted by molar-refractivity contribution is 7.17. The third-order valence-electron chi connectivity index (χ3n) is 3.55. The van der Waals surface area contributed by atoms with Crippen molar-refractivity contribution >= 4 is 51.6 Å². The summed E-state index contributed by atoms with van der Waals surface area (Å²) in [6.45, 7) is 0.0842. The van der Waals surface area contributed by atoms with Gasteiger partial charge in [-0.3, -0.25) is 4.79 Å². The van der Waals surface area contributed by atoms with Crippen molar-refractivity contribution in [3.8, 4) is 5.75 Å². The zero-order valence-electron chi connectivity index (χ0n) is 15.0. The maximum atomic E-state index is 11.9. The number of para-hydroxylation sites is 1. The van der Waals surface area contributed by atoms with Crippen LogP contribution in [0.15, 0.2) is 59.7 Å². The zero-order chi connectivity index (χ0) is 19.8. The average Bonchev–Trinajstić information content (AvgIpc) is 3.06. The van der Waals surface area contributed by atoms with E-state index in [2.05, 4.69) is 26.1 Å². The van der Waals surface area contributed by atoms with Crippen LogP contribution < -0.4 is 20.8 Å². The van der Waals surface area contributed by atoms with Crippen LogP contribution in [-0.2, 0) is 4.79 Å². The molecule has 1 aromatic heterocycles. The van der Waals surface area contributed by atoms with Gasteiger partial charge in [0.25, 0.3) is 5.91 Å². The Morgan fingerprint density at radius 3 is 2.64 bits per heavy atom. The van der Waals surface area contributed by atoms with Crippen molar-refractivity contribution in [2.75, 3.05) is 24.3 Å². The molecule has 2 aromatic carbocycles. The molecule has 144 valence electrons. The first kappa shape index (κ1) is 19.7. The summed E-state index contributed by atoms with van der Waals surface area (Å²) in [5, 5.41) is 11.1. The summed E-state index contributed by atoms with van der Waals surface area (Å²) in [5.74, 6) is 0.470. The number of halogens is 1. The number of rotatable bonds is 8. The smallest absolute Gasteiger partial charge is 0.259 e. The first-order chi connectivity index (χ1) is 13.6. The number of methoxy groups -OCH3 is 1. The van der Waals surface area contributed by atoms with Crippen LogP contribution in [0.25, 0.3) is 0 Å². The predicted molar refractivity (Wildman–Crippen MR) is 114 cm³/mol. The van der Waals surface area contributed by atoms with Gasteiger partial charge in [-0.05, 0) is 36.4 Å². The number of thiazole rings is 1. The largest absolute Gasteiger partial charge is 0.497 e. The second kappa shape index (κ2) is 9.72. The van der Waals surface area contributed by atoms with E-state index in [4.69, 9.17) is 16.3 Å². The topological polar surface area (TPSA) is 87.6 Å². The lowest BCUT2D eigenvalue weighted by Crippen LogP contribution is -2.25. The zero-order valence-corrected chi connectivity index (χ0v) is 16.6. The van der Waals surface area contributed by atoms with Crippen LogP contribution in [-0.4, -0.2) is 30.8 Å². The molecule has 0 radical (unpaired) electrons. The molecular weight excluding hydrogens is 398 g/mol. The van der Waals surface area contributed by atoms with Crippen molar-refractivity contribution in [3.05, 3.63) is 64.6 Å². The molecule has 28 heavy (non-hydrogen) atoms. The second-order valence-corrected chi connectivity index (χ2v) is 6.93. The summed E-state index contributed by atoms with van der Waals surface area (Å²) >= 11 is 7.46. The molecule has 1 heterocycles. The highest BCUT2D eigenvalue weighted by Gasteiger charge is 2.08. The molecular formula is C19H18ClN5O2S. The Morgan fingerprint density at radius 1 is 1.18 bits per heavy atom. The van der Waals surface area contributed by atoms with Crippen LogP contribution >= 0.6 is 22.9 Å². The summed E-state index contributed by atoms with van der Waals surface area (Å²) in [5.41, 5.74) is 4.17. The third kappa shape index (κ3) is 5.70. The Hall–Kier alpha value is -3.10. The second-order valence-electron chi connectivity index (χ2n) is 5.54. The van der Waals surface area contributed by atoms with E-state index in [9.17, 15) is 4.79 Å². The van der Waals surface area contributed by atoms with Gasteiger partial charge in [-0.2, -0.15) is 5.10 Å². The van der Waals surface area contributed by atoms with Gasteiger partial charge < -0.3 is 15.4 Å². The highest BCUT2D eigenvalue weighted by atomic mass is 35.5.